The van der Waals surface area contributed by atoms with E-state index in [1.54, 1.807) is 6.92 Å². The van der Waals surface area contributed by atoms with Crippen LogP contribution in [0.2, 0.25) is 0 Å². The average molecular weight is 172 g/mol. The number of Topliss-reactive ketones (excluding diaryl/α,β-unsaturated/α-hetero) is 1. The molecule has 0 spiro atoms. The molecule has 0 saturated carbocycles. The minimum atomic E-state index is 0.223. The Bertz CT molecular complexity index is 134. The summed E-state index contributed by atoms with van der Waals surface area (Å²) in [5.74, 6) is 0.223. The molecule has 0 heterocycles. The lowest BCUT2D eigenvalue weighted by Gasteiger charge is -2.24. The molecule has 0 saturated heterocycles. The zero-order valence-corrected chi connectivity index (χ0v) is 8.34. The Balaban J connectivity index is 3.78. The van der Waals surface area contributed by atoms with E-state index in [0.29, 0.717) is 19.1 Å². The van der Waals surface area contributed by atoms with Gasteiger partial charge in [0, 0.05) is 12.6 Å². The summed E-state index contributed by atoms with van der Waals surface area (Å²) in [5.41, 5.74) is 5.40. The lowest BCUT2D eigenvalue weighted by Crippen LogP contribution is -2.36. The lowest BCUT2D eigenvalue weighted by atomic mass is 10.2. The highest BCUT2D eigenvalue weighted by atomic mass is 16.1. The molecule has 0 bridgehead atoms. The van der Waals surface area contributed by atoms with Crippen molar-refractivity contribution in [3.63, 3.8) is 0 Å². The monoisotopic (exact) mass is 172 g/mol. The Labute approximate surface area is 74.9 Å². The first-order valence-corrected chi connectivity index (χ1v) is 4.51. The molecule has 0 unspecified atom stereocenters. The van der Waals surface area contributed by atoms with Crippen molar-refractivity contribution in [2.24, 2.45) is 5.73 Å². The van der Waals surface area contributed by atoms with E-state index >= 15 is 0 Å². The van der Waals surface area contributed by atoms with E-state index in [9.17, 15) is 4.79 Å². The van der Waals surface area contributed by atoms with Gasteiger partial charge in [-0.1, -0.05) is 0 Å². The second kappa shape index (κ2) is 6.14. The molecule has 0 aromatic heterocycles. The normalized spacial score (nSPS) is 11.2. The minimum Gasteiger partial charge on any atom is -0.330 e. The van der Waals surface area contributed by atoms with Gasteiger partial charge < -0.3 is 5.73 Å². The maximum Gasteiger partial charge on any atom is 0.143 e. The Morgan fingerprint density at radius 3 is 2.42 bits per heavy atom. The first-order valence-electron chi connectivity index (χ1n) is 4.51. The van der Waals surface area contributed by atoms with Gasteiger partial charge in [0.1, 0.15) is 5.78 Å². The summed E-state index contributed by atoms with van der Waals surface area (Å²) in [7, 11) is 0. The minimum absolute atomic E-state index is 0.223. The average Bonchev–Trinajstić information content (AvgIpc) is 1.96. The lowest BCUT2D eigenvalue weighted by molar-refractivity contribution is -0.118. The number of carbonyl (C=O) groups excluding carboxylic acids is 1. The van der Waals surface area contributed by atoms with Gasteiger partial charge in [0.2, 0.25) is 0 Å². The van der Waals surface area contributed by atoms with Crippen LogP contribution < -0.4 is 5.73 Å². The largest absolute Gasteiger partial charge is 0.330 e. The quantitative estimate of drug-likeness (QED) is 0.639. The van der Waals surface area contributed by atoms with Crippen molar-refractivity contribution < 1.29 is 4.79 Å². The van der Waals surface area contributed by atoms with Crippen LogP contribution in [-0.2, 0) is 4.79 Å². The predicted molar refractivity (Wildman–Crippen MR) is 51.1 cm³/mol. The van der Waals surface area contributed by atoms with Crippen molar-refractivity contribution in [1.82, 2.24) is 4.90 Å². The third kappa shape index (κ3) is 5.27. The molecule has 0 aliphatic heterocycles. The van der Waals surface area contributed by atoms with Crippen molar-refractivity contribution in [2.45, 2.75) is 33.2 Å². The van der Waals surface area contributed by atoms with Crippen molar-refractivity contribution in [2.75, 3.05) is 19.6 Å². The molecular weight excluding hydrogens is 152 g/mol. The number of nitrogens with two attached hydrogens (primary N) is 1. The number of hydrogen-bond donors (Lipinski definition) is 1. The van der Waals surface area contributed by atoms with Gasteiger partial charge in [0.25, 0.3) is 0 Å². The summed E-state index contributed by atoms with van der Waals surface area (Å²) in [6.07, 6.45) is 0.964. The Kier molecular flexibility index (Phi) is 5.93. The summed E-state index contributed by atoms with van der Waals surface area (Å²) >= 11 is 0. The highest BCUT2D eigenvalue weighted by molar-refractivity contribution is 5.77. The SMILES string of the molecule is CC(=O)CN(CCCN)C(C)C. The van der Waals surface area contributed by atoms with Crippen LogP contribution in [0.3, 0.4) is 0 Å². The third-order valence-corrected chi connectivity index (χ3v) is 1.81. The molecule has 72 valence electrons. The fourth-order valence-corrected chi connectivity index (χ4v) is 1.10. The van der Waals surface area contributed by atoms with Crippen molar-refractivity contribution >= 4 is 5.78 Å². The summed E-state index contributed by atoms with van der Waals surface area (Å²) in [6, 6.07) is 0.431. The second-order valence-electron chi connectivity index (χ2n) is 3.41. The van der Waals surface area contributed by atoms with Crippen molar-refractivity contribution in [3.05, 3.63) is 0 Å². The highest BCUT2D eigenvalue weighted by Crippen LogP contribution is 1.98. The number of nitrogens with zero attached hydrogens (tertiary/aromatic N) is 1. The highest BCUT2D eigenvalue weighted by Gasteiger charge is 2.09. The first-order chi connectivity index (χ1) is 5.57. The fraction of sp³-hybridized carbons (Fsp3) is 0.889. The smallest absolute Gasteiger partial charge is 0.143 e. The molecule has 0 aromatic carbocycles. The van der Waals surface area contributed by atoms with Gasteiger partial charge >= 0.3 is 0 Å². The zero-order chi connectivity index (χ0) is 9.56. The van der Waals surface area contributed by atoms with Gasteiger partial charge in [-0.15, -0.1) is 0 Å². The molecule has 3 heteroatoms. The molecule has 12 heavy (non-hydrogen) atoms. The van der Waals surface area contributed by atoms with Crippen molar-refractivity contribution in [3.8, 4) is 0 Å². The van der Waals surface area contributed by atoms with Crippen LogP contribution in [0.5, 0.6) is 0 Å². The Morgan fingerprint density at radius 1 is 1.50 bits per heavy atom. The summed E-state index contributed by atoms with van der Waals surface area (Å²) in [5, 5.41) is 0. The van der Waals surface area contributed by atoms with Gasteiger partial charge in [-0.05, 0) is 33.7 Å². The number of hydrogen-bond acceptors (Lipinski definition) is 3. The molecule has 2 N–H and O–H groups in total. The molecule has 0 rings (SSSR count). The van der Waals surface area contributed by atoms with Crippen molar-refractivity contribution in [1.29, 1.82) is 0 Å². The Morgan fingerprint density at radius 2 is 2.08 bits per heavy atom. The fourth-order valence-electron chi connectivity index (χ4n) is 1.10. The van der Waals surface area contributed by atoms with E-state index < -0.39 is 0 Å². The molecule has 0 atom stereocenters. The molecule has 0 fully saturated rings. The standard InChI is InChI=1S/C9H20N2O/c1-8(2)11(6-4-5-10)7-9(3)12/h8H,4-7,10H2,1-3H3. The maximum absolute atomic E-state index is 10.8. The molecule has 0 aliphatic rings. The van der Waals surface area contributed by atoms with Gasteiger partial charge in [0.15, 0.2) is 0 Å². The van der Waals surface area contributed by atoms with E-state index in [1.807, 2.05) is 0 Å². The molecule has 0 amide bonds. The van der Waals surface area contributed by atoms with Crippen LogP contribution in [0.1, 0.15) is 27.2 Å². The zero-order valence-electron chi connectivity index (χ0n) is 8.34. The van der Waals surface area contributed by atoms with Crippen LogP contribution in [0, 0.1) is 0 Å². The van der Waals surface area contributed by atoms with E-state index in [1.165, 1.54) is 0 Å². The topological polar surface area (TPSA) is 46.3 Å². The summed E-state index contributed by atoms with van der Waals surface area (Å²) < 4.78 is 0. The molecule has 0 aliphatic carbocycles. The van der Waals surface area contributed by atoms with Crippen LogP contribution in [0.15, 0.2) is 0 Å². The number of carbonyl (C=O) groups is 1. The molecule has 3 nitrogen and oxygen atoms in total. The number of rotatable bonds is 6. The summed E-state index contributed by atoms with van der Waals surface area (Å²) in [6.45, 7) is 7.99. The van der Waals surface area contributed by atoms with Crippen LogP contribution >= 0.6 is 0 Å². The van der Waals surface area contributed by atoms with Gasteiger partial charge in [0.05, 0.1) is 6.54 Å². The predicted octanol–water partition coefficient (Wildman–Crippen LogP) is 0.635. The Hall–Kier alpha value is -0.410. The third-order valence-electron chi connectivity index (χ3n) is 1.81. The first kappa shape index (κ1) is 11.6. The number of ketones is 1. The molecule has 0 aromatic rings. The van der Waals surface area contributed by atoms with E-state index in [0.717, 1.165) is 13.0 Å². The van der Waals surface area contributed by atoms with Crippen LogP contribution in [0.25, 0.3) is 0 Å². The molecular formula is C9H20N2O. The summed E-state index contributed by atoms with van der Waals surface area (Å²) in [4.78, 5) is 13.0. The van der Waals surface area contributed by atoms with Gasteiger partial charge in [-0.3, -0.25) is 9.69 Å². The van der Waals surface area contributed by atoms with E-state index in [-0.39, 0.29) is 5.78 Å². The maximum atomic E-state index is 10.8. The van der Waals surface area contributed by atoms with Crippen LogP contribution in [-0.4, -0.2) is 36.4 Å². The van der Waals surface area contributed by atoms with E-state index in [4.69, 9.17) is 5.73 Å². The second-order valence-corrected chi connectivity index (χ2v) is 3.41. The van der Waals surface area contributed by atoms with Crippen LogP contribution in [0.4, 0.5) is 0 Å². The van der Waals surface area contributed by atoms with E-state index in [2.05, 4.69) is 18.7 Å². The van der Waals surface area contributed by atoms with Gasteiger partial charge in [-0.25, -0.2) is 0 Å². The molecule has 0 radical (unpaired) electrons. The van der Waals surface area contributed by atoms with Gasteiger partial charge in [-0.2, -0.15) is 0 Å².